The minimum absolute atomic E-state index is 0.120. The average molecular weight is 277 g/mol. The molecule has 0 unspecified atom stereocenters. The predicted molar refractivity (Wildman–Crippen MR) is 78.2 cm³/mol. The highest BCUT2D eigenvalue weighted by Gasteiger charge is 2.10. The second kappa shape index (κ2) is 7.17. The second-order valence-electron chi connectivity index (χ2n) is 5.53. The molecule has 20 heavy (non-hydrogen) atoms. The number of carbonyl (C=O) groups is 1. The van der Waals surface area contributed by atoms with E-state index in [1.165, 1.54) is 0 Å². The van der Waals surface area contributed by atoms with Gasteiger partial charge in [-0.3, -0.25) is 4.79 Å². The number of amides is 1. The Bertz CT molecular complexity index is 457. The van der Waals surface area contributed by atoms with Crippen LogP contribution in [0.5, 0.6) is 11.5 Å². The van der Waals surface area contributed by atoms with Crippen molar-refractivity contribution in [3.8, 4) is 11.5 Å². The van der Waals surface area contributed by atoms with Gasteiger partial charge in [0.2, 0.25) is 5.91 Å². The van der Waals surface area contributed by atoms with Crippen molar-refractivity contribution in [2.24, 2.45) is 5.92 Å². The molecule has 1 amide bonds. The van der Waals surface area contributed by atoms with Gasteiger partial charge in [-0.1, -0.05) is 19.9 Å². The second-order valence-corrected chi connectivity index (χ2v) is 5.53. The van der Waals surface area contributed by atoms with Crippen LogP contribution in [0.2, 0.25) is 0 Å². The summed E-state index contributed by atoms with van der Waals surface area (Å²) in [7, 11) is 0. The average Bonchev–Trinajstić information content (AvgIpc) is 2.62. The summed E-state index contributed by atoms with van der Waals surface area (Å²) in [6, 6.07) is 5.99. The fraction of sp³-hybridized carbons (Fsp3) is 0.562. The van der Waals surface area contributed by atoms with Crippen LogP contribution >= 0.6 is 0 Å². The van der Waals surface area contributed by atoms with Gasteiger partial charge in [-0.2, -0.15) is 0 Å². The van der Waals surface area contributed by atoms with Gasteiger partial charge in [-0.05, 0) is 30.0 Å². The maximum Gasteiger partial charge on any atom is 0.220 e. The zero-order valence-corrected chi connectivity index (χ0v) is 12.3. The Balaban J connectivity index is 1.84. The standard InChI is InChI=1S/C16H23NO3/c1-12(2)10-16(18)17-7-6-13-4-5-14-15(11-13)20-9-3-8-19-14/h4-5,11-12H,3,6-10H2,1-2H3,(H,17,18). The molecule has 1 aliphatic heterocycles. The molecule has 1 N–H and O–H groups in total. The van der Waals surface area contributed by atoms with Crippen molar-refractivity contribution in [1.29, 1.82) is 0 Å². The van der Waals surface area contributed by atoms with Crippen molar-refractivity contribution in [3.05, 3.63) is 23.8 Å². The first-order chi connectivity index (χ1) is 9.65. The Morgan fingerprint density at radius 2 is 2.00 bits per heavy atom. The van der Waals surface area contributed by atoms with Gasteiger partial charge in [-0.25, -0.2) is 0 Å². The van der Waals surface area contributed by atoms with E-state index in [4.69, 9.17) is 9.47 Å². The van der Waals surface area contributed by atoms with E-state index < -0.39 is 0 Å². The van der Waals surface area contributed by atoms with Crippen molar-refractivity contribution in [1.82, 2.24) is 5.32 Å². The Hall–Kier alpha value is -1.71. The van der Waals surface area contributed by atoms with Gasteiger partial charge in [0, 0.05) is 19.4 Å². The number of hydrogen-bond acceptors (Lipinski definition) is 3. The van der Waals surface area contributed by atoms with Gasteiger partial charge in [0.15, 0.2) is 11.5 Å². The van der Waals surface area contributed by atoms with E-state index in [1.807, 2.05) is 32.0 Å². The molecule has 1 heterocycles. The van der Waals surface area contributed by atoms with Gasteiger partial charge in [0.1, 0.15) is 0 Å². The van der Waals surface area contributed by atoms with Gasteiger partial charge >= 0.3 is 0 Å². The molecule has 1 aromatic rings. The molecule has 1 aliphatic rings. The minimum Gasteiger partial charge on any atom is -0.490 e. The molecule has 0 radical (unpaired) electrons. The lowest BCUT2D eigenvalue weighted by Crippen LogP contribution is -2.26. The van der Waals surface area contributed by atoms with Crippen LogP contribution in [-0.2, 0) is 11.2 Å². The molecule has 0 aromatic heterocycles. The fourth-order valence-corrected chi connectivity index (χ4v) is 2.15. The van der Waals surface area contributed by atoms with Crippen molar-refractivity contribution in [2.45, 2.75) is 33.1 Å². The van der Waals surface area contributed by atoms with Crippen LogP contribution < -0.4 is 14.8 Å². The summed E-state index contributed by atoms with van der Waals surface area (Å²) in [6.07, 6.45) is 2.30. The number of hydrogen-bond donors (Lipinski definition) is 1. The van der Waals surface area contributed by atoms with E-state index in [2.05, 4.69) is 5.32 Å². The van der Waals surface area contributed by atoms with E-state index in [9.17, 15) is 4.79 Å². The molecule has 1 aromatic carbocycles. The summed E-state index contributed by atoms with van der Waals surface area (Å²) in [4.78, 5) is 11.6. The van der Waals surface area contributed by atoms with Gasteiger partial charge in [-0.15, -0.1) is 0 Å². The molecule has 0 saturated carbocycles. The zero-order valence-electron chi connectivity index (χ0n) is 12.3. The number of nitrogens with one attached hydrogen (secondary N) is 1. The molecular weight excluding hydrogens is 254 g/mol. The molecule has 0 bridgehead atoms. The first kappa shape index (κ1) is 14.7. The maximum atomic E-state index is 11.6. The Kier molecular flexibility index (Phi) is 5.27. The third-order valence-electron chi connectivity index (χ3n) is 3.14. The van der Waals surface area contributed by atoms with Gasteiger partial charge < -0.3 is 14.8 Å². The number of carbonyl (C=O) groups excluding carboxylic acids is 1. The Labute approximate surface area is 120 Å². The highest BCUT2D eigenvalue weighted by molar-refractivity contribution is 5.76. The minimum atomic E-state index is 0.120. The van der Waals surface area contributed by atoms with Crippen LogP contribution in [0.3, 0.4) is 0 Å². The number of rotatable bonds is 5. The smallest absolute Gasteiger partial charge is 0.220 e. The van der Waals surface area contributed by atoms with E-state index in [1.54, 1.807) is 0 Å². The largest absolute Gasteiger partial charge is 0.490 e. The Morgan fingerprint density at radius 1 is 1.25 bits per heavy atom. The van der Waals surface area contributed by atoms with E-state index in [0.717, 1.165) is 29.9 Å². The number of fused-ring (bicyclic) bond motifs is 1. The molecule has 0 atom stereocenters. The SMILES string of the molecule is CC(C)CC(=O)NCCc1ccc2c(c1)OCCCO2. The topological polar surface area (TPSA) is 47.6 Å². The molecule has 0 spiro atoms. The summed E-state index contributed by atoms with van der Waals surface area (Å²) in [5.74, 6) is 2.14. The fourth-order valence-electron chi connectivity index (χ4n) is 2.15. The normalized spacial score (nSPS) is 13.9. The van der Waals surface area contributed by atoms with Gasteiger partial charge in [0.25, 0.3) is 0 Å². The summed E-state index contributed by atoms with van der Waals surface area (Å²) < 4.78 is 11.3. The van der Waals surface area contributed by atoms with Crippen molar-refractivity contribution in [3.63, 3.8) is 0 Å². The molecule has 4 nitrogen and oxygen atoms in total. The van der Waals surface area contributed by atoms with Crippen molar-refractivity contribution >= 4 is 5.91 Å². The summed E-state index contributed by atoms with van der Waals surface area (Å²) in [5, 5.41) is 2.94. The molecular formula is C16H23NO3. The summed E-state index contributed by atoms with van der Waals surface area (Å²) in [5.41, 5.74) is 1.15. The monoisotopic (exact) mass is 277 g/mol. The van der Waals surface area contributed by atoms with E-state index in [-0.39, 0.29) is 5.91 Å². The van der Waals surface area contributed by atoms with Crippen LogP contribution in [0.1, 0.15) is 32.3 Å². The van der Waals surface area contributed by atoms with Crippen molar-refractivity contribution in [2.75, 3.05) is 19.8 Å². The molecule has 4 heteroatoms. The van der Waals surface area contributed by atoms with Crippen LogP contribution in [0.15, 0.2) is 18.2 Å². The highest BCUT2D eigenvalue weighted by atomic mass is 16.5. The summed E-state index contributed by atoms with van der Waals surface area (Å²) >= 11 is 0. The van der Waals surface area contributed by atoms with Crippen LogP contribution in [0.25, 0.3) is 0 Å². The molecule has 2 rings (SSSR count). The molecule has 0 fully saturated rings. The third-order valence-corrected chi connectivity index (χ3v) is 3.14. The number of benzene rings is 1. The maximum absolute atomic E-state index is 11.6. The lowest BCUT2D eigenvalue weighted by atomic mass is 10.1. The molecule has 0 saturated heterocycles. The highest BCUT2D eigenvalue weighted by Crippen LogP contribution is 2.30. The summed E-state index contributed by atoms with van der Waals surface area (Å²) in [6.45, 7) is 6.15. The first-order valence-electron chi connectivity index (χ1n) is 7.30. The Morgan fingerprint density at radius 3 is 2.75 bits per heavy atom. The lowest BCUT2D eigenvalue weighted by Gasteiger charge is -2.10. The van der Waals surface area contributed by atoms with E-state index in [0.29, 0.717) is 32.1 Å². The quantitative estimate of drug-likeness (QED) is 0.899. The molecule has 0 aliphatic carbocycles. The van der Waals surface area contributed by atoms with Gasteiger partial charge in [0.05, 0.1) is 13.2 Å². The number of ether oxygens (including phenoxy) is 2. The first-order valence-corrected chi connectivity index (χ1v) is 7.30. The zero-order chi connectivity index (χ0) is 14.4. The van der Waals surface area contributed by atoms with E-state index >= 15 is 0 Å². The molecule has 110 valence electrons. The van der Waals surface area contributed by atoms with Crippen LogP contribution in [-0.4, -0.2) is 25.7 Å². The van der Waals surface area contributed by atoms with Crippen LogP contribution in [0, 0.1) is 5.92 Å². The van der Waals surface area contributed by atoms with Crippen molar-refractivity contribution < 1.29 is 14.3 Å². The lowest BCUT2D eigenvalue weighted by molar-refractivity contribution is -0.121. The predicted octanol–water partition coefficient (Wildman–Crippen LogP) is 2.55. The third kappa shape index (κ3) is 4.44. The van der Waals surface area contributed by atoms with Crippen LogP contribution in [0.4, 0.5) is 0 Å².